The second kappa shape index (κ2) is 6.68. The van der Waals surface area contributed by atoms with Crippen LogP contribution in [0.4, 0.5) is 0 Å². The van der Waals surface area contributed by atoms with Crippen molar-refractivity contribution in [1.82, 2.24) is 10.2 Å². The maximum Gasteiger partial charge on any atom is 0.287 e. The quantitative estimate of drug-likeness (QED) is 0.488. The van der Waals surface area contributed by atoms with E-state index >= 15 is 0 Å². The number of halogens is 1. The van der Waals surface area contributed by atoms with E-state index < -0.39 is 0 Å². The molecule has 2 aromatic heterocycles. The summed E-state index contributed by atoms with van der Waals surface area (Å²) in [5.74, 6) is 1.61. The minimum atomic E-state index is 0.410. The van der Waals surface area contributed by atoms with E-state index in [1.54, 1.807) is 10.8 Å². The molecule has 1 atom stereocenters. The van der Waals surface area contributed by atoms with Crippen LogP contribution in [0.3, 0.4) is 0 Å². The van der Waals surface area contributed by atoms with Gasteiger partial charge in [-0.1, -0.05) is 52.6 Å². The van der Waals surface area contributed by atoms with Gasteiger partial charge in [0.25, 0.3) is 11.1 Å². The van der Waals surface area contributed by atoms with Crippen molar-refractivity contribution in [3.63, 3.8) is 0 Å². The van der Waals surface area contributed by atoms with Crippen molar-refractivity contribution < 1.29 is 8.83 Å². The number of nitrogens with zero attached hydrogens (tertiary/aromatic N) is 2. The van der Waals surface area contributed by atoms with Gasteiger partial charge in [-0.2, -0.15) is 0 Å². The van der Waals surface area contributed by atoms with Gasteiger partial charge in [-0.3, -0.25) is 0 Å². The minimum Gasteiger partial charge on any atom is -0.451 e. The molecule has 0 saturated carbocycles. The van der Waals surface area contributed by atoms with Crippen LogP contribution >= 0.6 is 37.5 Å². The first kappa shape index (κ1) is 16.0. The second-order valence-corrected chi connectivity index (χ2v) is 8.74. The summed E-state index contributed by atoms with van der Waals surface area (Å²) in [6, 6.07) is 7.75. The van der Waals surface area contributed by atoms with E-state index in [4.69, 9.17) is 8.83 Å². The van der Waals surface area contributed by atoms with Crippen LogP contribution < -0.4 is 0 Å². The summed E-state index contributed by atoms with van der Waals surface area (Å²) in [5, 5.41) is 10.2. The molecular formula is C15H15BrN2O2S2. The summed E-state index contributed by atoms with van der Waals surface area (Å²) < 4.78 is 12.4. The van der Waals surface area contributed by atoms with E-state index in [1.165, 1.54) is 10.8 Å². The van der Waals surface area contributed by atoms with Gasteiger partial charge in [-0.15, -0.1) is 5.10 Å². The van der Waals surface area contributed by atoms with Gasteiger partial charge in [-0.25, -0.2) is 0 Å². The molecule has 7 heteroatoms. The van der Waals surface area contributed by atoms with Gasteiger partial charge < -0.3 is 8.83 Å². The average Bonchev–Trinajstić information content (AvgIpc) is 3.10. The Labute approximate surface area is 145 Å². The van der Waals surface area contributed by atoms with Crippen molar-refractivity contribution in [2.45, 2.75) is 31.2 Å². The van der Waals surface area contributed by atoms with Crippen LogP contribution in [-0.4, -0.2) is 15.4 Å². The van der Waals surface area contributed by atoms with Crippen LogP contribution in [0.15, 0.2) is 42.8 Å². The summed E-state index contributed by atoms with van der Waals surface area (Å²) in [6.45, 7) is 6.59. The zero-order valence-electron chi connectivity index (χ0n) is 12.4. The SMILES string of the molecule is CC(C)C(C)SSc1nnc(-c2cc3cc(Br)ccc3o2)o1. The Kier molecular flexibility index (Phi) is 4.84. The van der Waals surface area contributed by atoms with Crippen molar-refractivity contribution in [1.29, 1.82) is 0 Å². The van der Waals surface area contributed by atoms with E-state index in [0.29, 0.717) is 28.0 Å². The first-order chi connectivity index (χ1) is 10.5. The normalized spacial score (nSPS) is 13.1. The fourth-order valence-corrected chi connectivity index (χ4v) is 4.28. The lowest BCUT2D eigenvalue weighted by Gasteiger charge is -2.11. The molecule has 3 aromatic rings. The Bertz CT molecular complexity index is 785. The predicted molar refractivity (Wildman–Crippen MR) is 95.0 cm³/mol. The predicted octanol–water partition coefficient (Wildman–Crippen LogP) is 6.03. The molecular weight excluding hydrogens is 384 g/mol. The zero-order chi connectivity index (χ0) is 15.7. The topological polar surface area (TPSA) is 52.1 Å². The van der Waals surface area contributed by atoms with Crippen LogP contribution in [0.25, 0.3) is 22.6 Å². The summed E-state index contributed by atoms with van der Waals surface area (Å²) in [5.41, 5.74) is 0.799. The Hall–Kier alpha value is -0.920. The van der Waals surface area contributed by atoms with Crippen molar-refractivity contribution in [3.8, 4) is 11.7 Å². The Morgan fingerprint density at radius 2 is 1.91 bits per heavy atom. The fraction of sp³-hybridized carbons (Fsp3) is 0.333. The molecule has 0 saturated heterocycles. The molecule has 0 spiro atoms. The number of hydrogen-bond acceptors (Lipinski definition) is 6. The van der Waals surface area contributed by atoms with Gasteiger partial charge in [0.1, 0.15) is 5.58 Å². The lowest BCUT2D eigenvalue weighted by molar-refractivity contribution is 0.453. The molecule has 0 aliphatic heterocycles. The zero-order valence-corrected chi connectivity index (χ0v) is 15.6. The van der Waals surface area contributed by atoms with E-state index in [-0.39, 0.29) is 0 Å². The molecule has 4 nitrogen and oxygen atoms in total. The monoisotopic (exact) mass is 398 g/mol. The highest BCUT2D eigenvalue weighted by atomic mass is 79.9. The number of furan rings is 1. The van der Waals surface area contributed by atoms with Gasteiger partial charge in [0.15, 0.2) is 5.76 Å². The Morgan fingerprint density at radius 3 is 2.68 bits per heavy atom. The molecule has 3 rings (SSSR count). The third-order valence-electron chi connectivity index (χ3n) is 3.31. The summed E-state index contributed by atoms with van der Waals surface area (Å²) in [7, 11) is 3.25. The van der Waals surface area contributed by atoms with Gasteiger partial charge in [0.05, 0.1) is 0 Å². The van der Waals surface area contributed by atoms with Crippen LogP contribution in [0.2, 0.25) is 0 Å². The van der Waals surface area contributed by atoms with E-state index in [2.05, 4.69) is 46.9 Å². The molecule has 0 amide bonds. The van der Waals surface area contributed by atoms with Crippen LogP contribution in [-0.2, 0) is 0 Å². The Morgan fingerprint density at radius 1 is 1.09 bits per heavy atom. The number of rotatable bonds is 5. The number of benzene rings is 1. The number of hydrogen-bond donors (Lipinski definition) is 0. The highest BCUT2D eigenvalue weighted by Crippen LogP contribution is 2.37. The van der Waals surface area contributed by atoms with E-state index in [0.717, 1.165) is 15.4 Å². The van der Waals surface area contributed by atoms with Crippen molar-refractivity contribution in [2.24, 2.45) is 5.92 Å². The van der Waals surface area contributed by atoms with E-state index in [9.17, 15) is 0 Å². The molecule has 2 heterocycles. The van der Waals surface area contributed by atoms with E-state index in [1.807, 2.05) is 24.3 Å². The summed E-state index contributed by atoms with van der Waals surface area (Å²) >= 11 is 3.45. The van der Waals surface area contributed by atoms with Gasteiger partial charge in [-0.05, 0) is 30.2 Å². The smallest absolute Gasteiger partial charge is 0.287 e. The summed E-state index contributed by atoms with van der Waals surface area (Å²) in [4.78, 5) is 0. The molecule has 22 heavy (non-hydrogen) atoms. The summed E-state index contributed by atoms with van der Waals surface area (Å²) in [6.07, 6.45) is 0. The standard InChI is InChI=1S/C15H15BrN2O2S2/c1-8(2)9(3)21-22-15-18-17-14(20-15)13-7-10-6-11(16)4-5-12(10)19-13/h4-9H,1-3H3. The lowest BCUT2D eigenvalue weighted by atomic mass is 10.2. The largest absolute Gasteiger partial charge is 0.451 e. The van der Waals surface area contributed by atoms with Crippen molar-refractivity contribution in [2.75, 3.05) is 0 Å². The third-order valence-corrected chi connectivity index (χ3v) is 6.68. The molecule has 1 aromatic carbocycles. The van der Waals surface area contributed by atoms with Gasteiger partial charge in [0.2, 0.25) is 0 Å². The second-order valence-electron chi connectivity index (χ2n) is 5.29. The molecule has 0 radical (unpaired) electrons. The highest BCUT2D eigenvalue weighted by Gasteiger charge is 2.16. The first-order valence-electron chi connectivity index (χ1n) is 6.89. The molecule has 0 bridgehead atoms. The highest BCUT2D eigenvalue weighted by molar-refractivity contribution is 9.10. The fourth-order valence-electron chi connectivity index (χ4n) is 1.69. The maximum absolute atomic E-state index is 5.75. The van der Waals surface area contributed by atoms with Crippen LogP contribution in [0.5, 0.6) is 0 Å². The maximum atomic E-state index is 5.75. The molecule has 0 N–H and O–H groups in total. The van der Waals surface area contributed by atoms with Gasteiger partial charge in [0, 0.05) is 25.9 Å². The van der Waals surface area contributed by atoms with Crippen LogP contribution in [0, 0.1) is 5.92 Å². The number of aromatic nitrogens is 2. The average molecular weight is 399 g/mol. The van der Waals surface area contributed by atoms with Crippen LogP contribution in [0.1, 0.15) is 20.8 Å². The van der Waals surface area contributed by atoms with Crippen molar-refractivity contribution in [3.05, 3.63) is 28.7 Å². The third kappa shape index (κ3) is 3.52. The molecule has 0 fully saturated rings. The number of fused-ring (bicyclic) bond motifs is 1. The van der Waals surface area contributed by atoms with Crippen molar-refractivity contribution >= 4 is 48.5 Å². The van der Waals surface area contributed by atoms with Gasteiger partial charge >= 0.3 is 0 Å². The minimum absolute atomic E-state index is 0.410. The molecule has 116 valence electrons. The molecule has 1 unspecified atom stereocenters. The molecule has 0 aliphatic rings. The Balaban J connectivity index is 1.77. The lowest BCUT2D eigenvalue weighted by Crippen LogP contribution is -2.03. The molecule has 0 aliphatic carbocycles. The first-order valence-corrected chi connectivity index (χ1v) is 9.90.